The smallest absolute Gasteiger partial charge is 0.126 e. The summed E-state index contributed by atoms with van der Waals surface area (Å²) in [6.07, 6.45) is 6.63. The van der Waals surface area contributed by atoms with Gasteiger partial charge in [0.05, 0.1) is 17.0 Å². The van der Waals surface area contributed by atoms with Crippen LogP contribution in [0.4, 0.5) is 0 Å². The Kier molecular flexibility index (Phi) is 2.48. The molecule has 0 bridgehead atoms. The Morgan fingerprint density at radius 3 is 3.27 bits per heavy atom. The first-order valence-electron chi connectivity index (χ1n) is 5.09. The van der Waals surface area contributed by atoms with Gasteiger partial charge >= 0.3 is 0 Å². The maximum atomic E-state index is 4.55. The SMILES string of the molecule is Brc1cccn2c(C3CCCS3)ncc12. The molecule has 0 radical (unpaired) electrons. The lowest BCUT2D eigenvalue weighted by atomic mass is 10.2. The minimum Gasteiger partial charge on any atom is -0.302 e. The van der Waals surface area contributed by atoms with Crippen molar-refractivity contribution in [3.63, 3.8) is 0 Å². The van der Waals surface area contributed by atoms with E-state index in [1.54, 1.807) is 0 Å². The quantitative estimate of drug-likeness (QED) is 0.794. The second-order valence-electron chi connectivity index (χ2n) is 3.73. The average Bonchev–Trinajstić information content (AvgIpc) is 2.85. The zero-order chi connectivity index (χ0) is 10.3. The molecule has 2 aromatic rings. The summed E-state index contributed by atoms with van der Waals surface area (Å²) in [5.41, 5.74) is 1.17. The molecular formula is C11H11BrN2S. The first-order valence-corrected chi connectivity index (χ1v) is 6.93. The fourth-order valence-electron chi connectivity index (χ4n) is 2.03. The lowest BCUT2D eigenvalue weighted by molar-refractivity contribution is 0.774. The molecule has 3 rings (SSSR count). The summed E-state index contributed by atoms with van der Waals surface area (Å²) in [4.78, 5) is 4.55. The number of hydrogen-bond acceptors (Lipinski definition) is 2. The molecule has 3 heterocycles. The molecule has 1 saturated heterocycles. The van der Waals surface area contributed by atoms with Gasteiger partial charge in [0.25, 0.3) is 0 Å². The highest BCUT2D eigenvalue weighted by atomic mass is 79.9. The standard InChI is InChI=1S/C11H11BrN2S/c12-8-3-1-5-14-9(8)7-13-11(14)10-4-2-6-15-10/h1,3,5,7,10H,2,4,6H2. The van der Waals surface area contributed by atoms with Crippen molar-refractivity contribution in [2.24, 2.45) is 0 Å². The molecule has 1 aliphatic rings. The second kappa shape index (κ2) is 3.83. The van der Waals surface area contributed by atoms with E-state index in [1.807, 2.05) is 18.0 Å². The number of nitrogens with zero attached hydrogens (tertiary/aromatic N) is 2. The predicted molar refractivity (Wildman–Crippen MR) is 67.3 cm³/mol. The predicted octanol–water partition coefficient (Wildman–Crippen LogP) is 3.66. The van der Waals surface area contributed by atoms with E-state index in [0.717, 1.165) is 4.47 Å². The summed E-state index contributed by atoms with van der Waals surface area (Å²) >= 11 is 5.57. The van der Waals surface area contributed by atoms with Crippen molar-refractivity contribution in [3.8, 4) is 0 Å². The van der Waals surface area contributed by atoms with Crippen LogP contribution in [0.5, 0.6) is 0 Å². The Balaban J connectivity index is 2.15. The fourth-order valence-corrected chi connectivity index (χ4v) is 3.75. The fraction of sp³-hybridized carbons (Fsp3) is 0.364. The molecule has 0 spiro atoms. The van der Waals surface area contributed by atoms with Crippen molar-refractivity contribution in [2.45, 2.75) is 18.1 Å². The summed E-state index contributed by atoms with van der Waals surface area (Å²) in [7, 11) is 0. The van der Waals surface area contributed by atoms with Gasteiger partial charge in [-0.1, -0.05) is 0 Å². The van der Waals surface area contributed by atoms with Gasteiger partial charge in [-0.25, -0.2) is 4.98 Å². The molecule has 2 aromatic heterocycles. The van der Waals surface area contributed by atoms with Gasteiger partial charge in [0.2, 0.25) is 0 Å². The lowest BCUT2D eigenvalue weighted by Crippen LogP contribution is -1.97. The molecule has 0 saturated carbocycles. The zero-order valence-corrected chi connectivity index (χ0v) is 10.6. The van der Waals surface area contributed by atoms with Crippen LogP contribution in [0.1, 0.15) is 23.9 Å². The van der Waals surface area contributed by atoms with E-state index < -0.39 is 0 Å². The molecule has 78 valence electrons. The number of aromatic nitrogens is 2. The molecule has 0 amide bonds. The molecule has 4 heteroatoms. The first-order chi connectivity index (χ1) is 7.36. The third-order valence-electron chi connectivity index (χ3n) is 2.77. The van der Waals surface area contributed by atoms with E-state index >= 15 is 0 Å². The van der Waals surface area contributed by atoms with Crippen molar-refractivity contribution >= 4 is 33.2 Å². The summed E-state index contributed by atoms with van der Waals surface area (Å²) in [6.45, 7) is 0. The van der Waals surface area contributed by atoms with E-state index in [9.17, 15) is 0 Å². The highest BCUT2D eigenvalue weighted by Gasteiger charge is 2.21. The minimum atomic E-state index is 0.585. The Labute approximate surface area is 101 Å². The summed E-state index contributed by atoms with van der Waals surface area (Å²) < 4.78 is 3.32. The molecule has 15 heavy (non-hydrogen) atoms. The largest absolute Gasteiger partial charge is 0.302 e. The van der Waals surface area contributed by atoms with Crippen LogP contribution in [0, 0.1) is 0 Å². The second-order valence-corrected chi connectivity index (χ2v) is 5.89. The Morgan fingerprint density at radius 1 is 1.53 bits per heavy atom. The molecule has 1 aliphatic heterocycles. The number of imidazole rings is 1. The van der Waals surface area contributed by atoms with Crippen molar-refractivity contribution in [2.75, 3.05) is 5.75 Å². The normalized spacial score (nSPS) is 21.3. The van der Waals surface area contributed by atoms with Crippen LogP contribution in [0.3, 0.4) is 0 Å². The topological polar surface area (TPSA) is 17.3 Å². The number of thioether (sulfide) groups is 1. The average molecular weight is 283 g/mol. The summed E-state index contributed by atoms with van der Waals surface area (Å²) in [5.74, 6) is 2.47. The van der Waals surface area contributed by atoms with Gasteiger partial charge in [-0.3, -0.25) is 0 Å². The van der Waals surface area contributed by atoms with Crippen LogP contribution in [0.25, 0.3) is 5.52 Å². The van der Waals surface area contributed by atoms with Crippen molar-refractivity contribution in [1.82, 2.24) is 9.38 Å². The maximum Gasteiger partial charge on any atom is 0.126 e. The highest BCUT2D eigenvalue weighted by molar-refractivity contribution is 9.10. The van der Waals surface area contributed by atoms with E-state index in [2.05, 4.69) is 43.6 Å². The van der Waals surface area contributed by atoms with E-state index in [1.165, 1.54) is 29.9 Å². The lowest BCUT2D eigenvalue weighted by Gasteiger charge is -2.07. The first kappa shape index (κ1) is 9.73. The van der Waals surface area contributed by atoms with Gasteiger partial charge < -0.3 is 4.40 Å². The molecular weight excluding hydrogens is 272 g/mol. The summed E-state index contributed by atoms with van der Waals surface area (Å²) in [6, 6.07) is 4.12. The van der Waals surface area contributed by atoms with Crippen LogP contribution in [0.2, 0.25) is 0 Å². The molecule has 0 aromatic carbocycles. The third kappa shape index (κ3) is 1.60. The number of fused-ring (bicyclic) bond motifs is 1. The highest BCUT2D eigenvalue weighted by Crippen LogP contribution is 2.39. The van der Waals surface area contributed by atoms with E-state index in [0.29, 0.717) is 5.25 Å². The van der Waals surface area contributed by atoms with Crippen LogP contribution in [0.15, 0.2) is 29.0 Å². The number of rotatable bonds is 1. The van der Waals surface area contributed by atoms with E-state index in [4.69, 9.17) is 0 Å². The zero-order valence-electron chi connectivity index (χ0n) is 8.19. The summed E-state index contributed by atoms with van der Waals surface area (Å²) in [5, 5.41) is 0.585. The van der Waals surface area contributed by atoms with Gasteiger partial charge in [-0.15, -0.1) is 0 Å². The van der Waals surface area contributed by atoms with Crippen molar-refractivity contribution in [3.05, 3.63) is 34.8 Å². The van der Waals surface area contributed by atoms with Crippen molar-refractivity contribution < 1.29 is 0 Å². The van der Waals surface area contributed by atoms with Crippen LogP contribution < -0.4 is 0 Å². The van der Waals surface area contributed by atoms with Gasteiger partial charge in [-0.05, 0) is 46.7 Å². The van der Waals surface area contributed by atoms with Gasteiger partial charge in [0, 0.05) is 10.7 Å². The molecule has 1 fully saturated rings. The Morgan fingerprint density at radius 2 is 2.47 bits per heavy atom. The van der Waals surface area contributed by atoms with Gasteiger partial charge in [0.1, 0.15) is 5.82 Å². The van der Waals surface area contributed by atoms with Gasteiger partial charge in [-0.2, -0.15) is 11.8 Å². The molecule has 1 unspecified atom stereocenters. The van der Waals surface area contributed by atoms with Crippen molar-refractivity contribution in [1.29, 1.82) is 0 Å². The Hall–Kier alpha value is -0.480. The monoisotopic (exact) mass is 282 g/mol. The molecule has 0 aliphatic carbocycles. The Bertz CT molecular complexity index is 488. The maximum absolute atomic E-state index is 4.55. The van der Waals surface area contributed by atoms with Crippen LogP contribution in [-0.2, 0) is 0 Å². The molecule has 2 nitrogen and oxygen atoms in total. The molecule has 0 N–H and O–H groups in total. The number of halogens is 1. The van der Waals surface area contributed by atoms with Crippen LogP contribution in [-0.4, -0.2) is 15.1 Å². The third-order valence-corrected chi connectivity index (χ3v) is 4.81. The van der Waals surface area contributed by atoms with Crippen LogP contribution >= 0.6 is 27.7 Å². The number of pyridine rings is 1. The van der Waals surface area contributed by atoms with E-state index in [-0.39, 0.29) is 0 Å². The number of hydrogen-bond donors (Lipinski definition) is 0. The van der Waals surface area contributed by atoms with Gasteiger partial charge in [0.15, 0.2) is 0 Å². The molecule has 1 atom stereocenters. The minimum absolute atomic E-state index is 0.585.